The second-order valence-corrected chi connectivity index (χ2v) is 29.3. The molecule has 0 saturated heterocycles. The lowest BCUT2D eigenvalue weighted by atomic mass is 9.78. The summed E-state index contributed by atoms with van der Waals surface area (Å²) in [6.45, 7) is 15.6. The Morgan fingerprint density at radius 2 is 1.21 bits per heavy atom. The van der Waals surface area contributed by atoms with Crippen LogP contribution in [0.4, 0.5) is 4.79 Å². The van der Waals surface area contributed by atoms with Gasteiger partial charge in [-0.25, -0.2) is 14.8 Å². The minimum atomic E-state index is -2.88. The fraction of sp³-hybridized carbons (Fsp3) is 0.500. The molecule has 0 spiro atoms. The Morgan fingerprint density at radius 3 is 1.75 bits per heavy atom. The van der Waals surface area contributed by atoms with Crippen LogP contribution in [0.15, 0.2) is 78.9 Å². The van der Waals surface area contributed by atoms with Gasteiger partial charge in [-0.3, -0.25) is 19.2 Å². The van der Waals surface area contributed by atoms with Crippen molar-refractivity contribution in [3.63, 3.8) is 0 Å². The molecule has 0 radical (unpaired) electrons. The van der Waals surface area contributed by atoms with Crippen LogP contribution in [0.3, 0.4) is 0 Å². The standard InChI is InChI=1S/C50H72N6O9Si2/c1-49(2,66(7,8)63)30-40(46(60)52-25-23-45(58)59)41(31-50(3,4)67(9,10)64)47(61)53-27-26-51-44(57)24-28-56-35(29-34-17-11-16-22-43(34)56)32-54(5)55(6)48(62)65-33-42-38-20-14-12-18-36(38)37-19-13-15-21-39(37)42/h11-22,29,40-42,63-64H,23-28,30-33H2,1-10H3,(H,51,57)(H,52,60)(H,53,61)(H,58,59)/t40-,41+/m0/s1. The number of carboxylic acids is 1. The van der Waals surface area contributed by atoms with Crippen molar-refractivity contribution in [1.29, 1.82) is 0 Å². The van der Waals surface area contributed by atoms with Crippen LogP contribution in [-0.2, 0) is 37.0 Å². The monoisotopic (exact) mass is 956 g/mol. The summed E-state index contributed by atoms with van der Waals surface area (Å²) < 4.78 is 7.99. The first-order valence-corrected chi connectivity index (χ1v) is 29.1. The predicted molar refractivity (Wildman–Crippen MR) is 266 cm³/mol. The van der Waals surface area contributed by atoms with Gasteiger partial charge in [-0.2, -0.15) is 0 Å². The van der Waals surface area contributed by atoms with Gasteiger partial charge in [0.25, 0.3) is 0 Å². The van der Waals surface area contributed by atoms with Gasteiger partial charge in [0, 0.05) is 75.7 Å². The van der Waals surface area contributed by atoms with E-state index in [-0.39, 0.29) is 63.7 Å². The molecular weight excluding hydrogens is 885 g/mol. The predicted octanol–water partition coefficient (Wildman–Crippen LogP) is 7.05. The number of aliphatic carboxylic acids is 1. The van der Waals surface area contributed by atoms with Gasteiger partial charge in [-0.15, -0.1) is 0 Å². The molecule has 1 heterocycles. The van der Waals surface area contributed by atoms with Gasteiger partial charge in [-0.1, -0.05) is 94.4 Å². The molecule has 0 unspecified atom stereocenters. The summed E-state index contributed by atoms with van der Waals surface area (Å²) in [4.78, 5) is 88.7. The largest absolute Gasteiger partial charge is 0.481 e. The highest BCUT2D eigenvalue weighted by molar-refractivity contribution is 6.73. The summed E-state index contributed by atoms with van der Waals surface area (Å²) in [5.74, 6) is -4.15. The summed E-state index contributed by atoms with van der Waals surface area (Å²) in [6.07, 6.45) is -0.307. The van der Waals surface area contributed by atoms with Crippen molar-refractivity contribution in [3.05, 3.63) is 95.7 Å². The van der Waals surface area contributed by atoms with E-state index in [1.165, 1.54) is 5.01 Å². The smallest absolute Gasteiger partial charge is 0.424 e. The Kier molecular flexibility index (Phi) is 17.1. The van der Waals surface area contributed by atoms with E-state index in [0.29, 0.717) is 13.1 Å². The lowest BCUT2D eigenvalue weighted by molar-refractivity contribution is -0.138. The summed E-state index contributed by atoms with van der Waals surface area (Å²) in [5.41, 5.74) is 6.41. The van der Waals surface area contributed by atoms with Crippen LogP contribution in [0, 0.1) is 11.8 Å². The summed E-state index contributed by atoms with van der Waals surface area (Å²) >= 11 is 0. The molecule has 0 aliphatic heterocycles. The minimum Gasteiger partial charge on any atom is -0.481 e. The van der Waals surface area contributed by atoms with Crippen molar-refractivity contribution in [1.82, 2.24) is 30.5 Å². The van der Waals surface area contributed by atoms with E-state index in [0.717, 1.165) is 38.9 Å². The molecule has 0 fully saturated rings. The summed E-state index contributed by atoms with van der Waals surface area (Å²) in [6, 6.07) is 26.3. The third-order valence-electron chi connectivity index (χ3n) is 14.3. The quantitative estimate of drug-likeness (QED) is 0.0254. The van der Waals surface area contributed by atoms with Gasteiger partial charge in [0.2, 0.25) is 17.7 Å². The third kappa shape index (κ3) is 13.0. The maximum atomic E-state index is 14.2. The number of hydrazine groups is 1. The first-order chi connectivity index (χ1) is 31.3. The van der Waals surface area contributed by atoms with E-state index >= 15 is 0 Å². The van der Waals surface area contributed by atoms with Crippen LogP contribution in [0.25, 0.3) is 22.0 Å². The molecule has 1 aromatic heterocycles. The number of hydrogen-bond acceptors (Lipinski definition) is 9. The van der Waals surface area contributed by atoms with Crippen LogP contribution in [0.1, 0.15) is 76.1 Å². The number of fused-ring (bicyclic) bond motifs is 4. The molecule has 5 rings (SSSR count). The maximum absolute atomic E-state index is 14.2. The number of hydrogen-bond donors (Lipinski definition) is 6. The summed E-state index contributed by atoms with van der Waals surface area (Å²) in [7, 11) is -2.27. The molecule has 0 bridgehead atoms. The van der Waals surface area contributed by atoms with Gasteiger partial charge >= 0.3 is 12.1 Å². The first kappa shape index (κ1) is 52.6. The topological polar surface area (TPSA) is 203 Å². The molecule has 17 heteroatoms. The fourth-order valence-corrected chi connectivity index (χ4v) is 9.95. The van der Waals surface area contributed by atoms with Crippen molar-refractivity contribution >= 4 is 57.3 Å². The average molecular weight is 957 g/mol. The SMILES string of the molecule is CN(Cc1cc2ccccc2n1CCC(=O)NCCNC(=O)[C@H](CC(C)(C)[Si](C)(C)O)[C@H](CC(C)(C)[Si](C)(C)O)C(=O)NCCC(=O)O)N(C)C(=O)OCC1c2ccccc2-c2ccccc21. The lowest BCUT2D eigenvalue weighted by Gasteiger charge is -2.42. The average Bonchev–Trinajstić information content (AvgIpc) is 3.77. The Balaban J connectivity index is 1.21. The number of carboxylic acid groups (broad SMARTS) is 1. The molecule has 2 atom stereocenters. The molecule has 6 N–H and O–H groups in total. The number of rotatable bonds is 23. The van der Waals surface area contributed by atoms with E-state index in [9.17, 15) is 38.7 Å². The number of benzene rings is 3. The summed E-state index contributed by atoms with van der Waals surface area (Å²) in [5, 5.41) is 20.6. The Hall–Kier alpha value is -5.34. The highest BCUT2D eigenvalue weighted by Crippen LogP contribution is 2.48. The van der Waals surface area contributed by atoms with E-state index in [1.807, 2.05) is 89.3 Å². The van der Waals surface area contributed by atoms with Gasteiger partial charge in [0.05, 0.1) is 13.0 Å². The first-order valence-electron chi connectivity index (χ1n) is 23.2. The number of ether oxygens (including phenoxy) is 1. The van der Waals surface area contributed by atoms with Crippen molar-refractivity contribution in [2.75, 3.05) is 40.3 Å². The number of amides is 4. The highest BCUT2D eigenvalue weighted by Gasteiger charge is 2.48. The van der Waals surface area contributed by atoms with Gasteiger partial charge in [-0.05, 0) is 88.9 Å². The van der Waals surface area contributed by atoms with E-state index < -0.39 is 62.4 Å². The molecule has 4 amide bonds. The van der Waals surface area contributed by atoms with Crippen LogP contribution in [0.2, 0.25) is 36.3 Å². The van der Waals surface area contributed by atoms with Crippen molar-refractivity contribution in [2.45, 2.75) is 109 Å². The fourth-order valence-electron chi connectivity index (χ4n) is 8.51. The van der Waals surface area contributed by atoms with Gasteiger partial charge in [0.1, 0.15) is 6.61 Å². The van der Waals surface area contributed by atoms with Crippen molar-refractivity contribution in [2.24, 2.45) is 11.8 Å². The number of aryl methyl sites for hydroxylation is 1. The molecule has 4 aromatic rings. The molecule has 3 aromatic carbocycles. The van der Waals surface area contributed by atoms with Gasteiger partial charge in [0.15, 0.2) is 16.6 Å². The van der Waals surface area contributed by atoms with Crippen LogP contribution < -0.4 is 16.0 Å². The number of carbonyl (C=O) groups excluding carboxylic acids is 4. The molecule has 1 aliphatic carbocycles. The Morgan fingerprint density at radius 1 is 0.716 bits per heavy atom. The zero-order valence-electron chi connectivity index (χ0n) is 40.9. The number of para-hydroxylation sites is 1. The number of nitrogens with one attached hydrogen (secondary N) is 3. The van der Waals surface area contributed by atoms with Crippen LogP contribution >= 0.6 is 0 Å². The highest BCUT2D eigenvalue weighted by atomic mass is 28.4. The zero-order chi connectivity index (χ0) is 49.5. The minimum absolute atomic E-state index is 0.0667. The van der Waals surface area contributed by atoms with E-state index in [2.05, 4.69) is 44.8 Å². The molecule has 1 aliphatic rings. The molecule has 67 heavy (non-hydrogen) atoms. The van der Waals surface area contributed by atoms with Gasteiger partial charge < -0.3 is 40.0 Å². The second-order valence-electron chi connectivity index (χ2n) is 20.3. The molecule has 0 saturated carbocycles. The number of carbonyl (C=O) groups is 5. The molecule has 364 valence electrons. The molecule has 15 nitrogen and oxygen atoms in total. The third-order valence-corrected chi connectivity index (χ3v) is 21.3. The maximum Gasteiger partial charge on any atom is 0.424 e. The molecular formula is C50H72N6O9Si2. The van der Waals surface area contributed by atoms with E-state index in [1.54, 1.807) is 38.2 Å². The second kappa shape index (κ2) is 21.7. The lowest BCUT2D eigenvalue weighted by Crippen LogP contribution is -2.50. The normalized spacial score (nSPS) is 14.0. The zero-order valence-corrected chi connectivity index (χ0v) is 42.9. The van der Waals surface area contributed by atoms with Crippen LogP contribution in [0.5, 0.6) is 0 Å². The van der Waals surface area contributed by atoms with Crippen molar-refractivity contribution < 1.29 is 43.4 Å². The van der Waals surface area contributed by atoms with E-state index in [4.69, 9.17) is 4.74 Å². The van der Waals surface area contributed by atoms with Crippen LogP contribution in [-0.4, -0.2) is 116 Å². The van der Waals surface area contributed by atoms with Crippen molar-refractivity contribution in [3.8, 4) is 11.1 Å². The Bertz CT molecular complexity index is 2360. The number of nitrogens with zero attached hydrogens (tertiary/aromatic N) is 3. The Labute approximate surface area is 397 Å². The number of aromatic nitrogens is 1.